The molecule has 0 amide bonds. The molecule has 0 aliphatic carbocycles. The van der Waals surface area contributed by atoms with Gasteiger partial charge >= 0.3 is 17.9 Å². The Morgan fingerprint density at radius 2 is 0.726 bits per heavy atom. The Hall–Kier alpha value is -1.71. The Kier molecular flexibility index (Phi) is 44.6. The van der Waals surface area contributed by atoms with Crippen LogP contribution in [0.1, 0.15) is 264 Å². The Bertz CT molecular complexity index is 985. The molecule has 0 aliphatic heterocycles. The summed E-state index contributed by atoms with van der Waals surface area (Å²) in [6, 6.07) is 0. The van der Waals surface area contributed by atoms with Crippen molar-refractivity contribution in [3.05, 3.63) is 0 Å². The maximum atomic E-state index is 12.7. The number of ether oxygens (including phenoxy) is 4. The van der Waals surface area contributed by atoms with E-state index in [1.807, 2.05) is 21.1 Å². The van der Waals surface area contributed by atoms with Gasteiger partial charge in [0.1, 0.15) is 13.2 Å². The van der Waals surface area contributed by atoms with Crippen LogP contribution >= 0.6 is 0 Å². The van der Waals surface area contributed by atoms with Crippen LogP contribution in [-0.2, 0) is 33.3 Å². The zero-order valence-corrected chi connectivity index (χ0v) is 41.8. The summed E-state index contributed by atoms with van der Waals surface area (Å²) in [5.41, 5.74) is 0. The van der Waals surface area contributed by atoms with Crippen LogP contribution in [-0.4, -0.2) is 87.4 Å². The maximum absolute atomic E-state index is 12.7. The van der Waals surface area contributed by atoms with Crippen LogP contribution < -0.4 is 0 Å². The van der Waals surface area contributed by atoms with Gasteiger partial charge in [0.25, 0.3) is 6.29 Å². The summed E-state index contributed by atoms with van der Waals surface area (Å²) in [7, 11) is 5.96. The summed E-state index contributed by atoms with van der Waals surface area (Å²) in [5.74, 6) is -2.00. The number of aliphatic carboxylic acids is 1. The van der Waals surface area contributed by atoms with Gasteiger partial charge in [-0.25, -0.2) is 4.79 Å². The molecule has 9 nitrogen and oxygen atoms in total. The Labute approximate surface area is 383 Å². The highest BCUT2D eigenvalue weighted by Gasteiger charge is 2.25. The summed E-state index contributed by atoms with van der Waals surface area (Å²) in [6.45, 7) is 4.82. The molecular weight excluding hydrogens is 779 g/mol. The highest BCUT2D eigenvalue weighted by molar-refractivity contribution is 5.71. The molecule has 0 saturated heterocycles. The van der Waals surface area contributed by atoms with Crippen molar-refractivity contribution in [3.63, 3.8) is 0 Å². The topological polar surface area (TPSA) is 108 Å². The van der Waals surface area contributed by atoms with Crippen LogP contribution in [0, 0.1) is 0 Å². The van der Waals surface area contributed by atoms with E-state index in [0.29, 0.717) is 17.4 Å². The largest absolute Gasteiger partial charge is 0.477 e. The first-order chi connectivity index (χ1) is 30.1. The Balaban J connectivity index is 3.85. The fourth-order valence-corrected chi connectivity index (χ4v) is 7.96. The molecule has 0 spiro atoms. The fourth-order valence-electron chi connectivity index (χ4n) is 7.96. The molecule has 62 heavy (non-hydrogen) atoms. The molecule has 0 bridgehead atoms. The van der Waals surface area contributed by atoms with E-state index in [1.165, 1.54) is 186 Å². The lowest BCUT2D eigenvalue weighted by molar-refractivity contribution is -0.870. The number of unbranched alkanes of at least 4 members (excludes halogenated alkanes) is 35. The van der Waals surface area contributed by atoms with E-state index in [-0.39, 0.29) is 32.2 Å². The van der Waals surface area contributed by atoms with Gasteiger partial charge in [-0.05, 0) is 12.8 Å². The quantitative estimate of drug-likeness (QED) is 0.0278. The standard InChI is InChI=1S/C53H103NO8/c1-6-8-10-12-13-14-15-16-17-18-19-20-21-22-23-24-25-26-27-28-29-30-31-32-33-34-35-36-37-38-40-42-44-51(56)62-49(47-60-50(55)43-41-39-11-9-7-2)48-61-53(52(57)58)59-46-45-54(3,4)5/h49,53H,6-48H2,1-5H3/p+1. The second kappa shape index (κ2) is 45.8. The van der Waals surface area contributed by atoms with E-state index in [0.717, 1.165) is 51.4 Å². The average molecular weight is 883 g/mol. The van der Waals surface area contributed by atoms with Crippen LogP contribution in [0.5, 0.6) is 0 Å². The van der Waals surface area contributed by atoms with Gasteiger partial charge in [0.15, 0.2) is 6.10 Å². The van der Waals surface area contributed by atoms with Crippen LogP contribution in [0.25, 0.3) is 0 Å². The van der Waals surface area contributed by atoms with Crippen LogP contribution in [0.4, 0.5) is 0 Å². The summed E-state index contributed by atoms with van der Waals surface area (Å²) in [5, 5.41) is 9.60. The van der Waals surface area contributed by atoms with Gasteiger partial charge in [-0.2, -0.15) is 0 Å². The number of carboxylic acid groups (broad SMARTS) is 1. The molecule has 0 aromatic carbocycles. The van der Waals surface area contributed by atoms with E-state index < -0.39 is 24.3 Å². The molecule has 0 aromatic heterocycles. The lowest BCUT2D eigenvalue weighted by Gasteiger charge is -2.25. The predicted octanol–water partition coefficient (Wildman–Crippen LogP) is 14.8. The van der Waals surface area contributed by atoms with Crippen LogP contribution in [0.2, 0.25) is 0 Å². The highest BCUT2D eigenvalue weighted by atomic mass is 16.7. The first kappa shape index (κ1) is 60.3. The monoisotopic (exact) mass is 883 g/mol. The van der Waals surface area contributed by atoms with E-state index in [9.17, 15) is 19.5 Å². The molecule has 0 rings (SSSR count). The smallest absolute Gasteiger partial charge is 0.361 e. The lowest BCUT2D eigenvalue weighted by Crippen LogP contribution is -2.40. The van der Waals surface area contributed by atoms with Crippen molar-refractivity contribution >= 4 is 17.9 Å². The van der Waals surface area contributed by atoms with E-state index >= 15 is 0 Å². The van der Waals surface area contributed by atoms with Crippen molar-refractivity contribution < 1.29 is 42.9 Å². The van der Waals surface area contributed by atoms with Gasteiger partial charge in [0.2, 0.25) is 0 Å². The Morgan fingerprint density at radius 3 is 1.03 bits per heavy atom. The molecule has 0 fully saturated rings. The fraction of sp³-hybridized carbons (Fsp3) is 0.943. The minimum absolute atomic E-state index is 0.176. The number of likely N-dealkylation sites (N-methyl/N-ethyl adjacent to an activating group) is 1. The second-order valence-electron chi connectivity index (χ2n) is 19.6. The zero-order valence-electron chi connectivity index (χ0n) is 41.8. The number of carbonyl (C=O) groups is 3. The highest BCUT2D eigenvalue weighted by Crippen LogP contribution is 2.18. The first-order valence-corrected chi connectivity index (χ1v) is 26.7. The molecule has 0 aromatic rings. The van der Waals surface area contributed by atoms with Gasteiger partial charge in [-0.3, -0.25) is 9.59 Å². The van der Waals surface area contributed by atoms with Crippen molar-refractivity contribution in [1.29, 1.82) is 0 Å². The molecule has 0 saturated carbocycles. The van der Waals surface area contributed by atoms with Gasteiger partial charge in [-0.15, -0.1) is 0 Å². The molecule has 2 unspecified atom stereocenters. The van der Waals surface area contributed by atoms with Crippen molar-refractivity contribution in [3.8, 4) is 0 Å². The van der Waals surface area contributed by atoms with Crippen molar-refractivity contribution in [2.45, 2.75) is 277 Å². The van der Waals surface area contributed by atoms with Gasteiger partial charge in [-0.1, -0.05) is 239 Å². The van der Waals surface area contributed by atoms with Crippen LogP contribution in [0.3, 0.4) is 0 Å². The van der Waals surface area contributed by atoms with Crippen LogP contribution in [0.15, 0.2) is 0 Å². The van der Waals surface area contributed by atoms with E-state index in [2.05, 4.69) is 13.8 Å². The van der Waals surface area contributed by atoms with E-state index in [4.69, 9.17) is 18.9 Å². The number of nitrogens with zero attached hydrogens (tertiary/aromatic N) is 1. The third-order valence-corrected chi connectivity index (χ3v) is 12.1. The normalized spacial score (nSPS) is 12.7. The third-order valence-electron chi connectivity index (χ3n) is 12.1. The zero-order chi connectivity index (χ0) is 45.6. The molecule has 0 aliphatic rings. The van der Waals surface area contributed by atoms with Crippen molar-refractivity contribution in [2.24, 2.45) is 0 Å². The van der Waals surface area contributed by atoms with Crippen molar-refractivity contribution in [1.82, 2.24) is 0 Å². The summed E-state index contributed by atoms with van der Waals surface area (Å²) in [4.78, 5) is 36.8. The molecule has 9 heteroatoms. The minimum atomic E-state index is -1.50. The first-order valence-electron chi connectivity index (χ1n) is 26.7. The third kappa shape index (κ3) is 46.3. The molecule has 2 atom stereocenters. The summed E-state index contributed by atoms with van der Waals surface area (Å²) >= 11 is 0. The molecule has 0 heterocycles. The average Bonchev–Trinajstić information content (AvgIpc) is 3.23. The number of rotatable bonds is 50. The van der Waals surface area contributed by atoms with Crippen molar-refractivity contribution in [2.75, 3.05) is 47.5 Å². The van der Waals surface area contributed by atoms with Gasteiger partial charge in [0.05, 0.1) is 34.4 Å². The van der Waals surface area contributed by atoms with E-state index in [1.54, 1.807) is 0 Å². The number of carbonyl (C=O) groups excluding carboxylic acids is 2. The molecule has 368 valence electrons. The summed E-state index contributed by atoms with van der Waals surface area (Å²) in [6.07, 6.45) is 46.9. The molecule has 1 N–H and O–H groups in total. The van der Waals surface area contributed by atoms with Gasteiger partial charge in [0, 0.05) is 12.8 Å². The minimum Gasteiger partial charge on any atom is -0.477 e. The summed E-state index contributed by atoms with van der Waals surface area (Å²) < 4.78 is 22.6. The SMILES string of the molecule is CCCCCCCCCCCCCCCCCCCCCCCCCCCCCCCCCCC(=O)OC(COC(=O)CCCCCCC)COC(OCC[N+](C)(C)C)C(=O)O. The van der Waals surface area contributed by atoms with Gasteiger partial charge < -0.3 is 28.5 Å². The molecular formula is C53H104NO8+. The number of hydrogen-bond donors (Lipinski definition) is 1. The number of quaternary nitrogens is 1. The maximum Gasteiger partial charge on any atom is 0.361 e. The second-order valence-corrected chi connectivity index (χ2v) is 19.6. The molecule has 0 radical (unpaired) electrons. The lowest BCUT2D eigenvalue weighted by atomic mass is 10.0. The number of hydrogen-bond acceptors (Lipinski definition) is 7. The Morgan fingerprint density at radius 1 is 0.419 bits per heavy atom. The number of esters is 2. The predicted molar refractivity (Wildman–Crippen MR) is 258 cm³/mol. The number of carboxylic acids is 1.